The van der Waals surface area contributed by atoms with Gasteiger partial charge in [0.1, 0.15) is 0 Å². The highest BCUT2D eigenvalue weighted by molar-refractivity contribution is 5.73. The molecule has 0 aromatic rings. The largest absolute Gasteiger partial charge is 0.376 e. The van der Waals surface area contributed by atoms with E-state index < -0.39 is 0 Å². The minimum atomic E-state index is 0.0485. The Kier molecular flexibility index (Phi) is 4.66. The molecule has 2 aliphatic rings. The number of nitrogens with zero attached hydrogens (tertiary/aromatic N) is 1. The van der Waals surface area contributed by atoms with Crippen LogP contribution in [0.1, 0.15) is 38.5 Å². The zero-order chi connectivity index (χ0) is 12.1. The van der Waals surface area contributed by atoms with E-state index in [0.717, 1.165) is 32.5 Å². The van der Waals surface area contributed by atoms with Crippen molar-refractivity contribution in [1.29, 1.82) is 0 Å². The van der Waals surface area contributed by atoms with Crippen molar-refractivity contribution in [2.24, 2.45) is 5.92 Å². The molecule has 1 saturated heterocycles. The monoisotopic (exact) mass is 240 g/mol. The lowest BCUT2D eigenvalue weighted by Gasteiger charge is -2.22. The second kappa shape index (κ2) is 6.24. The summed E-state index contributed by atoms with van der Waals surface area (Å²) in [6.45, 7) is 2.41. The second-order valence-corrected chi connectivity index (χ2v) is 5.35. The number of carbonyl (C=O) groups excluding carboxylic acids is 1. The first kappa shape index (κ1) is 12.7. The molecule has 2 fully saturated rings. The van der Waals surface area contributed by atoms with Gasteiger partial charge in [-0.3, -0.25) is 0 Å². The van der Waals surface area contributed by atoms with Crippen LogP contribution in [0.2, 0.25) is 0 Å². The number of nitrogens with one attached hydrogen (secondary N) is 1. The summed E-state index contributed by atoms with van der Waals surface area (Å²) in [5.41, 5.74) is 0. The topological polar surface area (TPSA) is 41.6 Å². The van der Waals surface area contributed by atoms with Gasteiger partial charge in [-0.1, -0.05) is 12.8 Å². The summed E-state index contributed by atoms with van der Waals surface area (Å²) in [6, 6.07) is 0.0485. The van der Waals surface area contributed by atoms with Crippen LogP contribution in [0.25, 0.3) is 0 Å². The third kappa shape index (κ3) is 3.87. The Morgan fingerprint density at radius 1 is 1.29 bits per heavy atom. The van der Waals surface area contributed by atoms with Gasteiger partial charge in [0.2, 0.25) is 0 Å². The molecule has 1 N–H and O–H groups in total. The highest BCUT2D eigenvalue weighted by Gasteiger charge is 2.21. The second-order valence-electron chi connectivity index (χ2n) is 5.35. The Hall–Kier alpha value is -0.770. The molecule has 1 unspecified atom stereocenters. The van der Waals surface area contributed by atoms with E-state index in [9.17, 15) is 4.79 Å². The first-order valence-corrected chi connectivity index (χ1v) is 6.86. The van der Waals surface area contributed by atoms with Crippen molar-refractivity contribution >= 4 is 6.03 Å². The normalized spacial score (nSPS) is 25.1. The van der Waals surface area contributed by atoms with Gasteiger partial charge in [0.15, 0.2) is 0 Å². The highest BCUT2D eigenvalue weighted by atomic mass is 16.5. The molecule has 4 heteroatoms. The Bertz CT molecular complexity index is 246. The summed E-state index contributed by atoms with van der Waals surface area (Å²) >= 11 is 0. The van der Waals surface area contributed by atoms with E-state index in [-0.39, 0.29) is 12.1 Å². The third-order valence-corrected chi connectivity index (χ3v) is 3.86. The molecule has 0 spiro atoms. The molecule has 0 aromatic heterocycles. The van der Waals surface area contributed by atoms with Crippen molar-refractivity contribution in [3.8, 4) is 0 Å². The first-order valence-electron chi connectivity index (χ1n) is 6.86. The number of likely N-dealkylation sites (N-methyl/N-ethyl adjacent to an activating group) is 1. The van der Waals surface area contributed by atoms with E-state index in [2.05, 4.69) is 5.32 Å². The molecule has 2 amide bonds. The number of hydrogen-bond donors (Lipinski definition) is 1. The van der Waals surface area contributed by atoms with Gasteiger partial charge in [-0.2, -0.15) is 0 Å². The van der Waals surface area contributed by atoms with Crippen LogP contribution in [-0.2, 0) is 4.74 Å². The molecule has 17 heavy (non-hydrogen) atoms. The van der Waals surface area contributed by atoms with Crippen LogP contribution in [0.4, 0.5) is 4.79 Å². The standard InChI is InChI=1S/C13H24N2O2/c1-15(10-12-7-4-8-17-12)13(16)14-9-11-5-2-3-6-11/h11-12H,2-10H2,1H3,(H,14,16). The summed E-state index contributed by atoms with van der Waals surface area (Å²) in [5, 5.41) is 3.03. The van der Waals surface area contributed by atoms with E-state index in [4.69, 9.17) is 4.74 Å². The van der Waals surface area contributed by atoms with Gasteiger partial charge in [0.05, 0.1) is 6.10 Å². The van der Waals surface area contributed by atoms with E-state index in [0.29, 0.717) is 5.92 Å². The summed E-state index contributed by atoms with van der Waals surface area (Å²) in [6.07, 6.45) is 7.66. The van der Waals surface area contributed by atoms with Crippen LogP contribution < -0.4 is 5.32 Å². The van der Waals surface area contributed by atoms with Crippen molar-refractivity contribution in [3.63, 3.8) is 0 Å². The van der Waals surface area contributed by atoms with Crippen molar-refractivity contribution in [2.75, 3.05) is 26.7 Å². The van der Waals surface area contributed by atoms with Crippen molar-refractivity contribution in [2.45, 2.75) is 44.6 Å². The molecule has 1 heterocycles. The molecule has 1 atom stereocenters. The summed E-state index contributed by atoms with van der Waals surface area (Å²) < 4.78 is 5.53. The van der Waals surface area contributed by atoms with E-state index in [1.54, 1.807) is 4.90 Å². The fourth-order valence-electron chi connectivity index (χ4n) is 2.76. The SMILES string of the molecule is CN(CC1CCCO1)C(=O)NCC1CCCC1. The van der Waals surface area contributed by atoms with E-state index >= 15 is 0 Å². The molecule has 0 bridgehead atoms. The number of amides is 2. The zero-order valence-corrected chi connectivity index (χ0v) is 10.8. The highest BCUT2D eigenvalue weighted by Crippen LogP contribution is 2.23. The van der Waals surface area contributed by atoms with Crippen molar-refractivity contribution in [1.82, 2.24) is 10.2 Å². The molecule has 0 radical (unpaired) electrons. The van der Waals surface area contributed by atoms with Crippen LogP contribution in [0, 0.1) is 5.92 Å². The van der Waals surface area contributed by atoms with Crippen LogP contribution in [0.5, 0.6) is 0 Å². The van der Waals surface area contributed by atoms with Gasteiger partial charge in [0.25, 0.3) is 0 Å². The Labute approximate surface area is 104 Å². The summed E-state index contributed by atoms with van der Waals surface area (Å²) in [5.74, 6) is 0.704. The fourth-order valence-corrected chi connectivity index (χ4v) is 2.76. The van der Waals surface area contributed by atoms with Crippen LogP contribution in [-0.4, -0.2) is 43.8 Å². The van der Waals surface area contributed by atoms with E-state index in [1.807, 2.05) is 7.05 Å². The van der Waals surface area contributed by atoms with E-state index in [1.165, 1.54) is 25.7 Å². The molecular formula is C13H24N2O2. The maximum atomic E-state index is 11.8. The van der Waals surface area contributed by atoms with Gasteiger partial charge in [0, 0.05) is 26.7 Å². The molecule has 4 nitrogen and oxygen atoms in total. The third-order valence-electron chi connectivity index (χ3n) is 3.86. The van der Waals surface area contributed by atoms with Crippen molar-refractivity contribution < 1.29 is 9.53 Å². The molecule has 98 valence electrons. The van der Waals surface area contributed by atoms with Gasteiger partial charge in [-0.15, -0.1) is 0 Å². The predicted octanol–water partition coefficient (Wildman–Crippen LogP) is 2.00. The summed E-state index contributed by atoms with van der Waals surface area (Å²) in [4.78, 5) is 13.6. The molecule has 1 aliphatic heterocycles. The van der Waals surface area contributed by atoms with Gasteiger partial charge < -0.3 is 15.0 Å². The van der Waals surface area contributed by atoms with Crippen LogP contribution in [0.15, 0.2) is 0 Å². The van der Waals surface area contributed by atoms with Gasteiger partial charge in [-0.25, -0.2) is 4.79 Å². The average molecular weight is 240 g/mol. The lowest BCUT2D eigenvalue weighted by atomic mass is 10.1. The molecule has 0 aromatic carbocycles. The first-order chi connectivity index (χ1) is 8.25. The van der Waals surface area contributed by atoms with Crippen LogP contribution in [0.3, 0.4) is 0 Å². The van der Waals surface area contributed by atoms with Crippen molar-refractivity contribution in [3.05, 3.63) is 0 Å². The minimum absolute atomic E-state index is 0.0485. The number of rotatable bonds is 4. The molecular weight excluding hydrogens is 216 g/mol. The maximum absolute atomic E-state index is 11.8. The Morgan fingerprint density at radius 2 is 2.06 bits per heavy atom. The van der Waals surface area contributed by atoms with Gasteiger partial charge in [-0.05, 0) is 31.6 Å². The molecule has 1 saturated carbocycles. The number of hydrogen-bond acceptors (Lipinski definition) is 2. The number of carbonyl (C=O) groups is 1. The zero-order valence-electron chi connectivity index (χ0n) is 10.8. The predicted molar refractivity (Wildman–Crippen MR) is 67.0 cm³/mol. The number of urea groups is 1. The average Bonchev–Trinajstić information content (AvgIpc) is 2.98. The quantitative estimate of drug-likeness (QED) is 0.816. The maximum Gasteiger partial charge on any atom is 0.317 e. The lowest BCUT2D eigenvalue weighted by molar-refractivity contribution is 0.0873. The van der Waals surface area contributed by atoms with Gasteiger partial charge >= 0.3 is 6.03 Å². The Balaban J connectivity index is 1.63. The lowest BCUT2D eigenvalue weighted by Crippen LogP contribution is -2.42. The molecule has 1 aliphatic carbocycles. The van der Waals surface area contributed by atoms with Crippen LogP contribution >= 0.6 is 0 Å². The molecule has 2 rings (SSSR count). The minimum Gasteiger partial charge on any atom is -0.376 e. The smallest absolute Gasteiger partial charge is 0.317 e. The summed E-state index contributed by atoms with van der Waals surface area (Å²) in [7, 11) is 1.85. The fraction of sp³-hybridized carbons (Fsp3) is 0.923. The number of ether oxygens (including phenoxy) is 1. The Morgan fingerprint density at radius 3 is 2.71 bits per heavy atom.